The summed E-state index contributed by atoms with van der Waals surface area (Å²) in [6, 6.07) is 17.8. The van der Waals surface area contributed by atoms with Crippen LogP contribution in [0.1, 0.15) is 10.4 Å². The normalized spacial score (nSPS) is 10.2. The molecule has 2 aromatic carbocycles. The van der Waals surface area contributed by atoms with E-state index >= 15 is 0 Å². The molecule has 6 nitrogen and oxygen atoms in total. The minimum atomic E-state index is -0.286. The number of rotatable bonds is 6. The lowest BCUT2D eigenvalue weighted by atomic mass is 10.1. The fourth-order valence-electron chi connectivity index (χ4n) is 2.19. The van der Waals surface area contributed by atoms with E-state index in [2.05, 4.69) is 20.6 Å². The summed E-state index contributed by atoms with van der Waals surface area (Å²) in [5.41, 5.74) is 1.54. The molecule has 7 heteroatoms. The number of thioether (sulfide) groups is 1. The van der Waals surface area contributed by atoms with Crippen molar-refractivity contribution in [3.05, 3.63) is 78.6 Å². The first-order valence-electron chi connectivity index (χ1n) is 7.87. The second-order valence-corrected chi connectivity index (χ2v) is 6.18. The van der Waals surface area contributed by atoms with Crippen LogP contribution in [0.15, 0.2) is 78.2 Å². The fraction of sp³-hybridized carbons (Fsp3) is 0.0526. The number of amides is 2. The number of hydrogen-bond donors (Lipinski definition) is 2. The monoisotopic (exact) mass is 364 g/mol. The average Bonchev–Trinajstić information content (AvgIpc) is 2.68. The van der Waals surface area contributed by atoms with Crippen LogP contribution >= 0.6 is 11.8 Å². The van der Waals surface area contributed by atoms with E-state index in [4.69, 9.17) is 0 Å². The van der Waals surface area contributed by atoms with Crippen LogP contribution in [0.4, 0.5) is 11.4 Å². The van der Waals surface area contributed by atoms with Crippen LogP contribution in [0.25, 0.3) is 0 Å². The van der Waals surface area contributed by atoms with Crippen molar-refractivity contribution < 1.29 is 9.59 Å². The number of carbonyl (C=O) groups is 2. The highest BCUT2D eigenvalue weighted by Crippen LogP contribution is 2.18. The van der Waals surface area contributed by atoms with Gasteiger partial charge in [-0.05, 0) is 30.3 Å². The Morgan fingerprint density at radius 3 is 2.31 bits per heavy atom. The van der Waals surface area contributed by atoms with Crippen LogP contribution in [0.2, 0.25) is 0 Å². The molecule has 3 aromatic rings. The molecule has 2 amide bonds. The molecule has 2 N–H and O–H groups in total. The van der Waals surface area contributed by atoms with Gasteiger partial charge in [-0.3, -0.25) is 9.59 Å². The van der Waals surface area contributed by atoms with Gasteiger partial charge in [-0.15, -0.1) is 0 Å². The molecule has 26 heavy (non-hydrogen) atoms. The van der Waals surface area contributed by atoms with E-state index in [9.17, 15) is 9.59 Å². The van der Waals surface area contributed by atoms with E-state index in [0.29, 0.717) is 22.1 Å². The van der Waals surface area contributed by atoms with Gasteiger partial charge in [0.1, 0.15) is 0 Å². The minimum absolute atomic E-state index is 0.151. The van der Waals surface area contributed by atoms with Crippen LogP contribution in [-0.4, -0.2) is 27.5 Å². The molecule has 0 aliphatic rings. The van der Waals surface area contributed by atoms with Crippen LogP contribution in [0.3, 0.4) is 0 Å². The van der Waals surface area contributed by atoms with Crippen molar-refractivity contribution in [3.8, 4) is 0 Å². The SMILES string of the molecule is O=C(CSc1ncccn1)Nc1ccccc1C(=O)Nc1ccccc1. The summed E-state index contributed by atoms with van der Waals surface area (Å²) in [4.78, 5) is 32.8. The second-order valence-electron chi connectivity index (χ2n) is 5.23. The van der Waals surface area contributed by atoms with Crippen molar-refractivity contribution in [1.82, 2.24) is 9.97 Å². The largest absolute Gasteiger partial charge is 0.325 e. The summed E-state index contributed by atoms with van der Waals surface area (Å²) in [7, 11) is 0. The predicted octanol–water partition coefficient (Wildman–Crippen LogP) is 3.46. The van der Waals surface area contributed by atoms with Gasteiger partial charge in [0.25, 0.3) is 5.91 Å². The summed E-state index contributed by atoms with van der Waals surface area (Å²) < 4.78 is 0. The molecule has 0 saturated heterocycles. The van der Waals surface area contributed by atoms with Gasteiger partial charge in [-0.25, -0.2) is 9.97 Å². The van der Waals surface area contributed by atoms with Crippen molar-refractivity contribution in [3.63, 3.8) is 0 Å². The maximum atomic E-state index is 12.5. The van der Waals surface area contributed by atoms with E-state index in [1.807, 2.05) is 18.2 Å². The highest BCUT2D eigenvalue weighted by molar-refractivity contribution is 7.99. The standard InChI is InChI=1S/C19H16N4O2S/c24-17(13-26-19-20-11-6-12-21-19)23-16-10-5-4-9-15(16)18(25)22-14-7-2-1-3-8-14/h1-12H,13H2,(H,22,25)(H,23,24). The zero-order valence-electron chi connectivity index (χ0n) is 13.8. The first kappa shape index (κ1) is 17.6. The van der Waals surface area contributed by atoms with Crippen LogP contribution in [-0.2, 0) is 4.79 Å². The first-order valence-corrected chi connectivity index (χ1v) is 8.86. The molecule has 3 rings (SSSR count). The molecule has 0 saturated carbocycles. The van der Waals surface area contributed by atoms with Gasteiger partial charge in [0.15, 0.2) is 5.16 Å². The molecule has 0 atom stereocenters. The van der Waals surface area contributed by atoms with Crippen molar-refractivity contribution in [2.75, 3.05) is 16.4 Å². The number of anilines is 2. The van der Waals surface area contributed by atoms with Crippen molar-refractivity contribution >= 4 is 35.0 Å². The quantitative estimate of drug-likeness (QED) is 0.517. The molecule has 0 bridgehead atoms. The Morgan fingerprint density at radius 1 is 0.846 bits per heavy atom. The van der Waals surface area contributed by atoms with E-state index < -0.39 is 0 Å². The smallest absolute Gasteiger partial charge is 0.257 e. The lowest BCUT2D eigenvalue weighted by Crippen LogP contribution is -2.19. The van der Waals surface area contributed by atoms with Gasteiger partial charge >= 0.3 is 0 Å². The maximum Gasteiger partial charge on any atom is 0.257 e. The van der Waals surface area contributed by atoms with Crippen LogP contribution in [0.5, 0.6) is 0 Å². The second kappa shape index (κ2) is 8.77. The summed E-state index contributed by atoms with van der Waals surface area (Å²) in [5.74, 6) is -0.368. The summed E-state index contributed by atoms with van der Waals surface area (Å²) in [5, 5.41) is 6.11. The predicted molar refractivity (Wildman–Crippen MR) is 102 cm³/mol. The van der Waals surface area contributed by atoms with Crippen molar-refractivity contribution in [2.45, 2.75) is 5.16 Å². The Kier molecular flexibility index (Phi) is 5.95. The zero-order valence-corrected chi connectivity index (χ0v) is 14.6. The van der Waals surface area contributed by atoms with E-state index in [0.717, 1.165) is 0 Å². The van der Waals surface area contributed by atoms with Gasteiger partial charge in [0.2, 0.25) is 5.91 Å². The van der Waals surface area contributed by atoms with Gasteiger partial charge in [-0.2, -0.15) is 0 Å². The van der Waals surface area contributed by atoms with Gasteiger partial charge < -0.3 is 10.6 Å². The zero-order chi connectivity index (χ0) is 18.2. The molecule has 130 valence electrons. The van der Waals surface area contributed by atoms with Gasteiger partial charge in [-0.1, -0.05) is 42.1 Å². The summed E-state index contributed by atoms with van der Waals surface area (Å²) >= 11 is 1.23. The Bertz CT molecular complexity index is 888. The molecular weight excluding hydrogens is 348 g/mol. The topological polar surface area (TPSA) is 84.0 Å². The lowest BCUT2D eigenvalue weighted by Gasteiger charge is -2.11. The number of nitrogens with zero attached hydrogens (tertiary/aromatic N) is 2. The number of carbonyl (C=O) groups excluding carboxylic acids is 2. The molecule has 0 spiro atoms. The minimum Gasteiger partial charge on any atom is -0.325 e. The molecule has 0 aliphatic heterocycles. The van der Waals surface area contributed by atoms with Crippen LogP contribution < -0.4 is 10.6 Å². The first-order chi connectivity index (χ1) is 12.7. The number of nitrogens with one attached hydrogen (secondary N) is 2. The Balaban J connectivity index is 1.65. The van der Waals surface area contributed by atoms with Crippen molar-refractivity contribution in [2.24, 2.45) is 0 Å². The Hall–Kier alpha value is -3.19. The number of hydrogen-bond acceptors (Lipinski definition) is 5. The molecular formula is C19H16N4O2S. The summed E-state index contributed by atoms with van der Waals surface area (Å²) in [6.45, 7) is 0. The molecule has 0 unspecified atom stereocenters. The highest BCUT2D eigenvalue weighted by Gasteiger charge is 2.13. The van der Waals surface area contributed by atoms with Gasteiger partial charge in [0, 0.05) is 18.1 Å². The van der Waals surface area contributed by atoms with Crippen molar-refractivity contribution in [1.29, 1.82) is 0 Å². The number of benzene rings is 2. The Morgan fingerprint density at radius 2 is 1.54 bits per heavy atom. The third-order valence-corrected chi connectivity index (χ3v) is 4.23. The van der Waals surface area contributed by atoms with Crippen LogP contribution in [0, 0.1) is 0 Å². The maximum absolute atomic E-state index is 12.5. The summed E-state index contributed by atoms with van der Waals surface area (Å²) in [6.07, 6.45) is 3.24. The average molecular weight is 364 g/mol. The molecule has 0 fully saturated rings. The lowest BCUT2D eigenvalue weighted by molar-refractivity contribution is -0.113. The third kappa shape index (κ3) is 4.90. The molecule has 1 aromatic heterocycles. The Labute approximate surface area is 155 Å². The molecule has 0 radical (unpaired) electrons. The fourth-order valence-corrected chi connectivity index (χ4v) is 2.79. The van der Waals surface area contributed by atoms with E-state index in [1.54, 1.807) is 54.9 Å². The van der Waals surface area contributed by atoms with Gasteiger partial charge in [0.05, 0.1) is 17.0 Å². The molecule has 1 heterocycles. The number of aromatic nitrogens is 2. The third-order valence-electron chi connectivity index (χ3n) is 3.35. The van der Waals surface area contributed by atoms with E-state index in [1.165, 1.54) is 11.8 Å². The highest BCUT2D eigenvalue weighted by atomic mass is 32.2. The molecule has 0 aliphatic carbocycles. The van der Waals surface area contributed by atoms with E-state index in [-0.39, 0.29) is 17.6 Å². The number of para-hydroxylation sites is 2.